The summed E-state index contributed by atoms with van der Waals surface area (Å²) in [6.07, 6.45) is -0.970. The van der Waals surface area contributed by atoms with Crippen LogP contribution in [0.15, 0.2) is 72.3 Å². The molecule has 22 nitrogen and oxygen atoms in total. The van der Waals surface area contributed by atoms with Crippen molar-refractivity contribution in [3.8, 4) is 11.8 Å². The maximum absolute atomic E-state index is 18.0. The number of para-hydroxylation sites is 1. The Bertz CT molecular complexity index is 3080. The van der Waals surface area contributed by atoms with E-state index >= 15 is 8.78 Å². The van der Waals surface area contributed by atoms with E-state index in [-0.39, 0.29) is 128 Å². The van der Waals surface area contributed by atoms with Crippen molar-refractivity contribution < 1.29 is 80.7 Å². The topological polar surface area (TPSA) is 302 Å². The van der Waals surface area contributed by atoms with E-state index in [0.29, 0.717) is 31.7 Å². The second-order valence-corrected chi connectivity index (χ2v) is 24.7. The number of nitrogens with zero attached hydrogens (tertiary/aromatic N) is 1. The lowest BCUT2D eigenvalue weighted by Crippen LogP contribution is -2.71. The molecule has 2 aromatic carbocycles. The number of halogens is 2. The van der Waals surface area contributed by atoms with Gasteiger partial charge in [-0.25, -0.2) is 13.6 Å². The summed E-state index contributed by atoms with van der Waals surface area (Å²) < 4.78 is 69.6. The highest BCUT2D eigenvalue weighted by molar-refractivity contribution is 6.02. The van der Waals surface area contributed by atoms with Gasteiger partial charge in [-0.05, 0) is 98.8 Å². The average molecular weight is 1260 g/mol. The number of benzene rings is 2. The highest BCUT2D eigenvalue weighted by Crippen LogP contribution is 2.72. The molecule has 3 saturated carbocycles. The van der Waals surface area contributed by atoms with E-state index in [9.17, 15) is 43.5 Å². The third kappa shape index (κ3) is 15.3. The predicted molar refractivity (Wildman–Crippen MR) is 325 cm³/mol. The van der Waals surface area contributed by atoms with Gasteiger partial charge in [-0.1, -0.05) is 82.4 Å². The number of aliphatic hydroxyl groups excluding tert-OH is 1. The number of nitrogens with two attached hydrogens (primary N) is 1. The first-order valence-electron chi connectivity index (χ1n) is 31.4. The Balaban J connectivity index is 0.726. The van der Waals surface area contributed by atoms with Crippen molar-refractivity contribution in [3.05, 3.63) is 89.0 Å². The zero-order valence-electron chi connectivity index (χ0n) is 52.0. The number of anilines is 1. The number of primary amides is 1. The molecule has 8 N–H and O–H groups in total. The van der Waals surface area contributed by atoms with Gasteiger partial charge in [0.15, 0.2) is 29.1 Å². The Hall–Kier alpha value is -6.98. The van der Waals surface area contributed by atoms with Gasteiger partial charge in [-0.15, -0.1) is 0 Å². The second-order valence-electron chi connectivity index (χ2n) is 24.7. The molecule has 1 saturated heterocycles. The number of hydrogen-bond acceptors (Lipinski definition) is 15. The molecule has 24 heteroatoms. The molecule has 0 bridgehead atoms. The van der Waals surface area contributed by atoms with E-state index in [0.717, 1.165) is 22.8 Å². The van der Waals surface area contributed by atoms with Crippen molar-refractivity contribution in [2.24, 2.45) is 34.3 Å². The summed E-state index contributed by atoms with van der Waals surface area (Å²) in [7, 11) is 0. The molecule has 2 heterocycles. The molecule has 90 heavy (non-hydrogen) atoms. The van der Waals surface area contributed by atoms with Crippen LogP contribution in [-0.2, 0) is 68.5 Å². The highest BCUT2D eigenvalue weighted by atomic mass is 19.1. The van der Waals surface area contributed by atoms with Gasteiger partial charge in [0, 0.05) is 60.2 Å². The minimum atomic E-state index is -2.41. The van der Waals surface area contributed by atoms with Crippen molar-refractivity contribution in [2.75, 3.05) is 77.4 Å². The zero-order chi connectivity index (χ0) is 64.8. The lowest BCUT2D eigenvalue weighted by atomic mass is 9.44. The van der Waals surface area contributed by atoms with Gasteiger partial charge < -0.3 is 70.7 Å². The van der Waals surface area contributed by atoms with Crippen LogP contribution in [0.2, 0.25) is 0 Å². The van der Waals surface area contributed by atoms with Crippen LogP contribution in [0.3, 0.4) is 0 Å². The van der Waals surface area contributed by atoms with Crippen molar-refractivity contribution in [2.45, 2.75) is 153 Å². The van der Waals surface area contributed by atoms with E-state index in [1.165, 1.54) is 19.1 Å². The lowest BCUT2D eigenvalue weighted by molar-refractivity contribution is -0.234. The van der Waals surface area contributed by atoms with Crippen LogP contribution in [-0.4, -0.2) is 173 Å². The van der Waals surface area contributed by atoms with E-state index in [1.807, 2.05) is 55.5 Å². The smallest absolute Gasteiger partial charge is 0.312 e. The number of amides is 7. The highest BCUT2D eigenvalue weighted by Gasteiger charge is 2.80. The number of urea groups is 1. The SMILES string of the molecule is CCCC1O[C@@H]2C[C@H]3[C@@H]4C[C@H](F)C5=CC(=O)C=C[C@]5(C)[C@@]4(F)[C@@H](O)C[C@]3(C)[C@]2(C(=O)CNC(=O)[C@H](CCCNC(N)=O)NC(=O)[C@@H](NC(=O)CCOCCOCCOCCOCCNC(=O)CCC(=O)N2Cc3ccccc3C#Cc3ccccc32)C(C)C)O1. The molecule has 7 amide bonds. The molecule has 6 aliphatic rings. The first-order chi connectivity index (χ1) is 43.1. The van der Waals surface area contributed by atoms with E-state index in [2.05, 4.69) is 38.4 Å². The molecule has 0 radical (unpaired) electrons. The minimum Gasteiger partial charge on any atom is -0.390 e. The molecule has 490 valence electrons. The van der Waals surface area contributed by atoms with Gasteiger partial charge in [0.1, 0.15) is 18.3 Å². The molecule has 4 aliphatic carbocycles. The summed E-state index contributed by atoms with van der Waals surface area (Å²) >= 11 is 0. The third-order valence-corrected chi connectivity index (χ3v) is 18.5. The van der Waals surface area contributed by atoms with Gasteiger partial charge in [0.05, 0.1) is 83.8 Å². The van der Waals surface area contributed by atoms with Gasteiger partial charge in [0.25, 0.3) is 0 Å². The Morgan fingerprint density at radius 3 is 2.17 bits per heavy atom. The van der Waals surface area contributed by atoms with Crippen LogP contribution < -0.4 is 37.2 Å². The number of carbonyl (C=O) groups excluding carboxylic acids is 8. The summed E-state index contributed by atoms with van der Waals surface area (Å²) in [5.41, 5.74) is 1.30. The average Bonchev–Trinajstić information content (AvgIpc) is 1.39. The normalized spacial score (nSPS) is 27.5. The van der Waals surface area contributed by atoms with Crippen molar-refractivity contribution in [1.29, 1.82) is 0 Å². The van der Waals surface area contributed by atoms with Crippen LogP contribution in [0.5, 0.6) is 0 Å². The molecule has 1 unspecified atom stereocenters. The Morgan fingerprint density at radius 2 is 1.47 bits per heavy atom. The minimum absolute atomic E-state index is 0.0109. The fourth-order valence-corrected chi connectivity index (χ4v) is 14.0. The van der Waals surface area contributed by atoms with E-state index < -0.39 is 118 Å². The fourth-order valence-electron chi connectivity index (χ4n) is 14.0. The van der Waals surface area contributed by atoms with Gasteiger partial charge in [0.2, 0.25) is 29.5 Å². The van der Waals surface area contributed by atoms with Crippen LogP contribution in [0, 0.1) is 40.4 Å². The lowest BCUT2D eigenvalue weighted by Gasteiger charge is -2.63. The molecule has 0 aromatic heterocycles. The predicted octanol–water partition coefficient (Wildman–Crippen LogP) is 4.25. The van der Waals surface area contributed by atoms with Gasteiger partial charge >= 0.3 is 6.03 Å². The molecule has 12 atom stereocenters. The quantitative estimate of drug-likeness (QED) is 0.0398. The Kier molecular flexibility index (Phi) is 23.7. The van der Waals surface area contributed by atoms with Gasteiger partial charge in [-0.3, -0.25) is 33.6 Å². The largest absolute Gasteiger partial charge is 0.390 e. The zero-order valence-corrected chi connectivity index (χ0v) is 52.0. The Morgan fingerprint density at radius 1 is 0.800 bits per heavy atom. The summed E-state index contributed by atoms with van der Waals surface area (Å²) in [5, 5.41) is 25.4. The summed E-state index contributed by atoms with van der Waals surface area (Å²) in [4.78, 5) is 108. The molecular weight excluding hydrogens is 1170 g/mol. The number of Topliss-reactive ketones (excluding diaryl/α,β-unsaturated/α-hetero) is 1. The first kappa shape index (κ1) is 68.9. The number of carbonyl (C=O) groups is 8. The second kappa shape index (κ2) is 30.9. The summed E-state index contributed by atoms with van der Waals surface area (Å²) in [6, 6.07) is 12.0. The number of allylic oxidation sites excluding steroid dienone is 4. The number of aliphatic hydroxyl groups is 1. The Labute approximate surface area is 524 Å². The number of nitrogens with one attached hydrogen (secondary N) is 5. The molecule has 8 rings (SSSR count). The number of rotatable bonds is 32. The van der Waals surface area contributed by atoms with E-state index in [1.54, 1.807) is 25.7 Å². The van der Waals surface area contributed by atoms with Crippen molar-refractivity contribution in [1.82, 2.24) is 26.6 Å². The molecule has 2 aliphatic heterocycles. The van der Waals surface area contributed by atoms with E-state index in [4.69, 9.17) is 34.2 Å². The van der Waals surface area contributed by atoms with Crippen LogP contribution in [0.4, 0.5) is 19.3 Å². The first-order valence-corrected chi connectivity index (χ1v) is 31.4. The van der Waals surface area contributed by atoms with Crippen LogP contribution >= 0.6 is 0 Å². The monoisotopic (exact) mass is 1260 g/mol. The molecule has 0 spiro atoms. The molecule has 2 aromatic rings. The number of hydrogen-bond donors (Lipinski definition) is 7. The van der Waals surface area contributed by atoms with Crippen LogP contribution in [0.1, 0.15) is 116 Å². The van der Waals surface area contributed by atoms with Gasteiger partial charge in [-0.2, -0.15) is 0 Å². The molecule has 4 fully saturated rings. The van der Waals surface area contributed by atoms with Crippen molar-refractivity contribution >= 4 is 52.8 Å². The maximum Gasteiger partial charge on any atom is 0.312 e. The number of alkyl halides is 2. The summed E-state index contributed by atoms with van der Waals surface area (Å²) in [6.45, 7) is 10.4. The van der Waals surface area contributed by atoms with Crippen molar-refractivity contribution in [3.63, 3.8) is 0 Å². The number of ether oxygens (including phenoxy) is 6. The fraction of sp³-hybridized carbons (Fsp3) is 0.606. The number of ketones is 2. The summed E-state index contributed by atoms with van der Waals surface area (Å²) in [5.74, 6) is 0.589. The standard InChI is InChI=1S/C66H87F2N7O15/c1-6-12-58-89-54-37-46-47-36-49(67)48-35-45(76)22-24-63(48,4)65(47,68)52(77)38-64(46,5)66(54,90-58)53(78)39-72-60(82)50(16-11-25-71-62(69)84)73-61(83)59(41(2)3)74-56(80)23-27-85-29-31-87-33-34-88-32-30-86-28-26-70-55(79)20-21-57(81)75-40-44-15-8-7-13-42(44)18-19-43-14-9-10-17-51(43)75/h7-10,13-15,17,22,24,35,41,46-47,49-50,52,54,58-59,77H,6,11-12,16,20-21,23,25-34,36-40H2,1-5H3,(H,70,79)(H,72,82)(H,73,83)(H,74,80)(H3,69,71,84)/t46-,47-,49-,50-,52-,54+,58?,59-,63-,64-,65-,66+/m0/s1. The van der Waals surface area contributed by atoms with Crippen LogP contribution in [0.25, 0.3) is 0 Å². The third-order valence-electron chi connectivity index (χ3n) is 18.5. The maximum atomic E-state index is 18.0. The number of fused-ring (bicyclic) bond motifs is 9. The molecular formula is C66H87F2N7O15.